The summed E-state index contributed by atoms with van der Waals surface area (Å²) in [5.41, 5.74) is 2.13. The zero-order chi connectivity index (χ0) is 20.5. The number of aryl methyl sites for hydroxylation is 1. The van der Waals surface area contributed by atoms with Crippen LogP contribution in [-0.4, -0.2) is 54.1 Å². The third-order valence-corrected chi connectivity index (χ3v) is 6.52. The number of methoxy groups -OCH3 is 1. The topological polar surface area (TPSA) is 54.8 Å². The van der Waals surface area contributed by atoms with E-state index in [0.29, 0.717) is 30.8 Å². The molecule has 2 aliphatic heterocycles. The molecule has 1 aromatic heterocycles. The maximum absolute atomic E-state index is 12.9. The van der Waals surface area contributed by atoms with Gasteiger partial charge in [-0.25, -0.2) is 0 Å². The Bertz CT molecular complexity index is 943. The molecule has 0 aliphatic carbocycles. The van der Waals surface area contributed by atoms with Gasteiger partial charge in [-0.1, -0.05) is 18.2 Å². The molecule has 4 rings (SSSR count). The van der Waals surface area contributed by atoms with Crippen molar-refractivity contribution in [3.63, 3.8) is 0 Å². The molecule has 30 heavy (non-hydrogen) atoms. The number of carbonyl (C=O) groups excluding carboxylic acids is 1. The van der Waals surface area contributed by atoms with Crippen molar-refractivity contribution in [2.45, 2.75) is 25.9 Å². The molecule has 2 aliphatic rings. The van der Waals surface area contributed by atoms with E-state index in [2.05, 4.69) is 24.1 Å². The first-order valence-electron chi connectivity index (χ1n) is 10.3. The van der Waals surface area contributed by atoms with E-state index in [9.17, 15) is 9.59 Å². The third kappa shape index (κ3) is 4.25. The van der Waals surface area contributed by atoms with Crippen LogP contribution in [0, 0.1) is 18.8 Å². The van der Waals surface area contributed by atoms with Crippen molar-refractivity contribution in [2.75, 3.05) is 33.8 Å². The van der Waals surface area contributed by atoms with Gasteiger partial charge in [-0.15, -0.1) is 12.4 Å². The van der Waals surface area contributed by atoms with Crippen LogP contribution >= 0.6 is 12.4 Å². The van der Waals surface area contributed by atoms with Crippen LogP contribution in [0.4, 0.5) is 0 Å². The standard InChI is InChI=1S/C23H29N3O3.ClH/c1-16-5-4-6-22(28)26(16)12-11-21(27)25-14-18-13-24(2)23(20(18)15-25)17-7-9-19(29-3)10-8-17;/h4-10,18,20,23H,11-15H2,1-3H3;1H/t18-,20+,23+;/m0./s1. The van der Waals surface area contributed by atoms with Gasteiger partial charge in [0, 0.05) is 56.3 Å². The molecule has 0 unspecified atom stereocenters. The fraction of sp³-hybridized carbons (Fsp3) is 0.478. The number of carbonyl (C=O) groups is 1. The van der Waals surface area contributed by atoms with Crippen LogP contribution in [0.1, 0.15) is 23.7 Å². The molecule has 1 aromatic carbocycles. The number of hydrogen-bond acceptors (Lipinski definition) is 4. The Morgan fingerprint density at radius 1 is 1.10 bits per heavy atom. The molecule has 0 bridgehead atoms. The van der Waals surface area contributed by atoms with Crippen molar-refractivity contribution < 1.29 is 9.53 Å². The zero-order valence-electron chi connectivity index (χ0n) is 17.8. The summed E-state index contributed by atoms with van der Waals surface area (Å²) in [7, 11) is 3.85. The Labute approximate surface area is 183 Å². The highest BCUT2D eigenvalue weighted by Gasteiger charge is 2.47. The number of hydrogen-bond donors (Lipinski definition) is 0. The highest BCUT2D eigenvalue weighted by Crippen LogP contribution is 2.44. The minimum atomic E-state index is -0.0442. The minimum absolute atomic E-state index is 0. The highest BCUT2D eigenvalue weighted by atomic mass is 35.5. The smallest absolute Gasteiger partial charge is 0.250 e. The number of benzene rings is 1. The van der Waals surface area contributed by atoms with E-state index in [1.807, 2.05) is 30.0 Å². The molecule has 162 valence electrons. The van der Waals surface area contributed by atoms with Crippen LogP contribution in [-0.2, 0) is 11.3 Å². The van der Waals surface area contributed by atoms with E-state index in [0.717, 1.165) is 31.1 Å². The lowest BCUT2D eigenvalue weighted by molar-refractivity contribution is -0.130. The van der Waals surface area contributed by atoms with Gasteiger partial charge in [0.15, 0.2) is 0 Å². The molecule has 3 atom stereocenters. The summed E-state index contributed by atoms with van der Waals surface area (Å²) in [6.45, 7) is 4.94. The normalized spacial score (nSPS) is 23.2. The molecule has 0 spiro atoms. The van der Waals surface area contributed by atoms with Gasteiger partial charge in [0.1, 0.15) is 5.75 Å². The van der Waals surface area contributed by atoms with E-state index in [4.69, 9.17) is 4.74 Å². The van der Waals surface area contributed by atoms with E-state index in [1.165, 1.54) is 5.56 Å². The lowest BCUT2D eigenvalue weighted by Gasteiger charge is -2.27. The number of likely N-dealkylation sites (tertiary alicyclic amines) is 2. The summed E-state index contributed by atoms with van der Waals surface area (Å²) in [5.74, 6) is 1.95. The van der Waals surface area contributed by atoms with Crippen molar-refractivity contribution in [3.8, 4) is 5.75 Å². The van der Waals surface area contributed by atoms with Crippen molar-refractivity contribution in [3.05, 3.63) is 64.1 Å². The van der Waals surface area contributed by atoms with Gasteiger partial charge in [-0.05, 0) is 43.7 Å². The van der Waals surface area contributed by atoms with Crippen LogP contribution in [0.15, 0.2) is 47.3 Å². The number of rotatable bonds is 5. The minimum Gasteiger partial charge on any atom is -0.497 e. The van der Waals surface area contributed by atoms with Crippen molar-refractivity contribution >= 4 is 18.3 Å². The van der Waals surface area contributed by atoms with E-state index in [1.54, 1.807) is 23.8 Å². The Hall–Kier alpha value is -2.31. The number of amides is 1. The second-order valence-corrected chi connectivity index (χ2v) is 8.29. The number of ether oxygens (including phenoxy) is 1. The van der Waals surface area contributed by atoms with E-state index >= 15 is 0 Å². The van der Waals surface area contributed by atoms with Crippen LogP contribution in [0.2, 0.25) is 0 Å². The first kappa shape index (κ1) is 22.4. The molecule has 3 heterocycles. The average molecular weight is 432 g/mol. The van der Waals surface area contributed by atoms with Gasteiger partial charge in [0.25, 0.3) is 5.56 Å². The maximum Gasteiger partial charge on any atom is 0.250 e. The summed E-state index contributed by atoms with van der Waals surface area (Å²) in [6.07, 6.45) is 0.368. The fourth-order valence-electron chi connectivity index (χ4n) is 5.04. The van der Waals surface area contributed by atoms with Crippen LogP contribution < -0.4 is 10.3 Å². The Balaban J connectivity index is 0.00000256. The van der Waals surface area contributed by atoms with Crippen molar-refractivity contribution in [1.82, 2.24) is 14.4 Å². The summed E-state index contributed by atoms with van der Waals surface area (Å²) in [6, 6.07) is 13.8. The van der Waals surface area contributed by atoms with Crippen LogP contribution in [0.25, 0.3) is 0 Å². The van der Waals surface area contributed by atoms with Crippen LogP contribution in [0.5, 0.6) is 5.75 Å². The first-order valence-corrected chi connectivity index (χ1v) is 10.3. The predicted molar refractivity (Wildman–Crippen MR) is 119 cm³/mol. The van der Waals surface area contributed by atoms with Gasteiger partial charge in [0.05, 0.1) is 7.11 Å². The van der Waals surface area contributed by atoms with E-state index in [-0.39, 0.29) is 23.9 Å². The Morgan fingerprint density at radius 3 is 2.50 bits per heavy atom. The lowest BCUT2D eigenvalue weighted by Crippen LogP contribution is -2.34. The van der Waals surface area contributed by atoms with Gasteiger partial charge < -0.3 is 14.2 Å². The SMILES string of the molecule is COc1ccc([C@@H]2[C@@H]3CN(C(=O)CCn4c(C)cccc4=O)C[C@@H]3CN2C)cc1.Cl. The highest BCUT2D eigenvalue weighted by molar-refractivity contribution is 5.85. The number of nitrogens with zero attached hydrogens (tertiary/aromatic N) is 3. The second-order valence-electron chi connectivity index (χ2n) is 8.29. The van der Waals surface area contributed by atoms with Gasteiger partial charge >= 0.3 is 0 Å². The summed E-state index contributed by atoms with van der Waals surface area (Å²) in [4.78, 5) is 29.3. The number of fused-ring (bicyclic) bond motifs is 1. The first-order chi connectivity index (χ1) is 14.0. The maximum atomic E-state index is 12.9. The number of aromatic nitrogens is 1. The lowest BCUT2D eigenvalue weighted by atomic mass is 9.89. The second kappa shape index (κ2) is 9.23. The number of pyridine rings is 1. The molecular formula is C23H30ClN3O3. The monoisotopic (exact) mass is 431 g/mol. The van der Waals surface area contributed by atoms with Gasteiger partial charge in [-0.3, -0.25) is 14.5 Å². The average Bonchev–Trinajstić information content (AvgIpc) is 3.24. The molecule has 2 aromatic rings. The zero-order valence-corrected chi connectivity index (χ0v) is 18.6. The molecule has 7 heteroatoms. The van der Waals surface area contributed by atoms with Gasteiger partial charge in [0.2, 0.25) is 5.91 Å². The molecular weight excluding hydrogens is 402 g/mol. The quantitative estimate of drug-likeness (QED) is 0.730. The molecule has 2 fully saturated rings. The summed E-state index contributed by atoms with van der Waals surface area (Å²) in [5, 5.41) is 0. The summed E-state index contributed by atoms with van der Waals surface area (Å²) < 4.78 is 6.97. The molecule has 6 nitrogen and oxygen atoms in total. The van der Waals surface area contributed by atoms with Crippen LogP contribution in [0.3, 0.4) is 0 Å². The predicted octanol–water partition coefficient (Wildman–Crippen LogP) is 2.74. The van der Waals surface area contributed by atoms with Crippen molar-refractivity contribution in [2.24, 2.45) is 11.8 Å². The third-order valence-electron chi connectivity index (χ3n) is 6.52. The molecule has 1 amide bonds. The largest absolute Gasteiger partial charge is 0.497 e. The Morgan fingerprint density at radius 2 is 1.83 bits per heavy atom. The number of halogens is 1. The van der Waals surface area contributed by atoms with E-state index < -0.39 is 0 Å². The molecule has 2 saturated heterocycles. The fourth-order valence-corrected chi connectivity index (χ4v) is 5.04. The van der Waals surface area contributed by atoms with Crippen molar-refractivity contribution in [1.29, 1.82) is 0 Å². The molecule has 0 radical (unpaired) electrons. The summed E-state index contributed by atoms with van der Waals surface area (Å²) >= 11 is 0. The molecule has 0 N–H and O–H groups in total. The Kier molecular flexibility index (Phi) is 6.88. The van der Waals surface area contributed by atoms with Gasteiger partial charge in [-0.2, -0.15) is 0 Å². The molecule has 0 saturated carbocycles.